The van der Waals surface area contributed by atoms with Gasteiger partial charge in [0.1, 0.15) is 5.75 Å². The molecule has 1 aromatic carbocycles. The van der Waals surface area contributed by atoms with Crippen LogP contribution in [0.3, 0.4) is 0 Å². The molecule has 0 radical (unpaired) electrons. The smallest absolute Gasteiger partial charge is 0.312 e. The van der Waals surface area contributed by atoms with Crippen LogP contribution >= 0.6 is 0 Å². The highest BCUT2D eigenvalue weighted by Gasteiger charge is 2.43. The van der Waals surface area contributed by atoms with Crippen LogP contribution in [0.5, 0.6) is 5.75 Å². The van der Waals surface area contributed by atoms with Crippen LogP contribution in [0, 0.1) is 5.41 Å². The SMILES string of the molecule is CCOC(=O)C1(Cc2ccc(OC)cc2)CCN(C(=O)C[C@@H]2CCC(=O)N2)CC1. The van der Waals surface area contributed by atoms with E-state index in [9.17, 15) is 14.4 Å². The van der Waals surface area contributed by atoms with Gasteiger partial charge in [0.05, 0.1) is 19.1 Å². The molecule has 158 valence electrons. The Morgan fingerprint density at radius 3 is 2.45 bits per heavy atom. The van der Waals surface area contributed by atoms with Gasteiger partial charge in [0.2, 0.25) is 11.8 Å². The number of piperidine rings is 1. The lowest BCUT2D eigenvalue weighted by Gasteiger charge is -2.40. The maximum atomic E-state index is 12.8. The topological polar surface area (TPSA) is 84.9 Å². The molecule has 7 nitrogen and oxygen atoms in total. The van der Waals surface area contributed by atoms with Gasteiger partial charge in [0, 0.05) is 32.0 Å². The Labute approximate surface area is 171 Å². The van der Waals surface area contributed by atoms with Gasteiger partial charge in [-0.2, -0.15) is 0 Å². The fourth-order valence-electron chi connectivity index (χ4n) is 4.23. The molecule has 0 spiro atoms. The van der Waals surface area contributed by atoms with Crippen molar-refractivity contribution in [2.75, 3.05) is 26.8 Å². The standard InChI is InChI=1S/C22H30N2O5/c1-3-29-21(27)22(15-16-4-7-18(28-2)8-5-16)10-12-24(13-11-22)20(26)14-17-6-9-19(25)23-17/h4-5,7-8,17H,3,6,9-15H2,1-2H3,(H,23,25)/t17-/m0/s1. The molecule has 1 aromatic rings. The zero-order valence-corrected chi connectivity index (χ0v) is 17.2. The highest BCUT2D eigenvalue weighted by molar-refractivity contribution is 5.82. The van der Waals surface area contributed by atoms with E-state index in [0.717, 1.165) is 11.3 Å². The predicted octanol–water partition coefficient (Wildman–Crippen LogP) is 2.08. The maximum Gasteiger partial charge on any atom is 0.312 e. The molecule has 2 amide bonds. The molecule has 0 aromatic heterocycles. The summed E-state index contributed by atoms with van der Waals surface area (Å²) in [6.45, 7) is 3.20. The summed E-state index contributed by atoms with van der Waals surface area (Å²) in [5.41, 5.74) is 0.426. The Balaban J connectivity index is 1.64. The van der Waals surface area contributed by atoms with Crippen molar-refractivity contribution >= 4 is 17.8 Å². The van der Waals surface area contributed by atoms with E-state index in [1.54, 1.807) is 7.11 Å². The van der Waals surface area contributed by atoms with Crippen molar-refractivity contribution in [3.05, 3.63) is 29.8 Å². The number of carbonyl (C=O) groups excluding carboxylic acids is 3. The first-order chi connectivity index (χ1) is 14.0. The molecule has 2 fully saturated rings. The van der Waals surface area contributed by atoms with Crippen molar-refractivity contribution in [3.63, 3.8) is 0 Å². The number of ether oxygens (including phenoxy) is 2. The van der Waals surface area contributed by atoms with Crippen LogP contribution in [-0.4, -0.2) is 55.5 Å². The van der Waals surface area contributed by atoms with E-state index in [-0.39, 0.29) is 23.8 Å². The number of hydrogen-bond donors (Lipinski definition) is 1. The zero-order valence-electron chi connectivity index (χ0n) is 17.2. The highest BCUT2D eigenvalue weighted by Crippen LogP contribution is 2.37. The Bertz CT molecular complexity index is 738. The van der Waals surface area contributed by atoms with Gasteiger partial charge in [-0.25, -0.2) is 0 Å². The Morgan fingerprint density at radius 1 is 1.21 bits per heavy atom. The summed E-state index contributed by atoms with van der Waals surface area (Å²) in [5, 5.41) is 2.85. The van der Waals surface area contributed by atoms with Crippen LogP contribution in [0.25, 0.3) is 0 Å². The lowest BCUT2D eigenvalue weighted by Crippen LogP contribution is -2.49. The maximum absolute atomic E-state index is 12.8. The first kappa shape index (κ1) is 21.1. The molecule has 2 saturated heterocycles. The van der Waals surface area contributed by atoms with Crippen LogP contribution in [0.2, 0.25) is 0 Å². The van der Waals surface area contributed by atoms with E-state index in [2.05, 4.69) is 5.32 Å². The summed E-state index contributed by atoms with van der Waals surface area (Å²) in [5.74, 6) is 0.644. The van der Waals surface area contributed by atoms with Crippen LogP contribution in [0.1, 0.15) is 44.6 Å². The molecular formula is C22H30N2O5. The molecule has 0 unspecified atom stereocenters. The van der Waals surface area contributed by atoms with Gasteiger partial charge >= 0.3 is 5.97 Å². The number of hydrogen-bond acceptors (Lipinski definition) is 5. The molecule has 1 N–H and O–H groups in total. The van der Waals surface area contributed by atoms with Crippen molar-refractivity contribution in [1.29, 1.82) is 0 Å². The van der Waals surface area contributed by atoms with E-state index in [1.165, 1.54) is 0 Å². The molecular weight excluding hydrogens is 372 g/mol. The predicted molar refractivity (Wildman–Crippen MR) is 107 cm³/mol. The summed E-state index contributed by atoms with van der Waals surface area (Å²) in [4.78, 5) is 38.6. The van der Waals surface area contributed by atoms with E-state index in [0.29, 0.717) is 58.2 Å². The normalized spacial score (nSPS) is 20.8. The van der Waals surface area contributed by atoms with Gasteiger partial charge in [-0.05, 0) is 50.3 Å². The van der Waals surface area contributed by atoms with Crippen molar-refractivity contribution < 1.29 is 23.9 Å². The third-order valence-corrected chi connectivity index (χ3v) is 5.99. The monoisotopic (exact) mass is 402 g/mol. The molecule has 0 bridgehead atoms. The number of amides is 2. The Morgan fingerprint density at radius 2 is 1.90 bits per heavy atom. The van der Waals surface area contributed by atoms with Crippen molar-refractivity contribution in [3.8, 4) is 5.75 Å². The van der Waals surface area contributed by atoms with Crippen LogP contribution in [-0.2, 0) is 25.5 Å². The van der Waals surface area contributed by atoms with Gasteiger partial charge < -0.3 is 19.7 Å². The van der Waals surface area contributed by atoms with Crippen LogP contribution in [0.15, 0.2) is 24.3 Å². The van der Waals surface area contributed by atoms with Crippen molar-refractivity contribution in [1.82, 2.24) is 10.2 Å². The fourth-order valence-corrected chi connectivity index (χ4v) is 4.23. The molecule has 1 atom stereocenters. The van der Waals surface area contributed by atoms with Gasteiger partial charge in [-0.3, -0.25) is 14.4 Å². The van der Waals surface area contributed by atoms with Crippen LogP contribution < -0.4 is 10.1 Å². The lowest BCUT2D eigenvalue weighted by atomic mass is 9.73. The average molecular weight is 402 g/mol. The van der Waals surface area contributed by atoms with Gasteiger partial charge in [0.25, 0.3) is 0 Å². The summed E-state index contributed by atoms with van der Waals surface area (Å²) < 4.78 is 10.6. The van der Waals surface area contributed by atoms with E-state index in [4.69, 9.17) is 9.47 Å². The van der Waals surface area contributed by atoms with E-state index in [1.807, 2.05) is 36.1 Å². The second kappa shape index (κ2) is 9.29. The van der Waals surface area contributed by atoms with Crippen molar-refractivity contribution in [2.24, 2.45) is 5.41 Å². The lowest BCUT2D eigenvalue weighted by molar-refractivity contribution is -0.160. The minimum Gasteiger partial charge on any atom is -0.497 e. The third-order valence-electron chi connectivity index (χ3n) is 5.99. The number of esters is 1. The fraction of sp³-hybridized carbons (Fsp3) is 0.591. The minimum absolute atomic E-state index is 0.0160. The van der Waals surface area contributed by atoms with E-state index >= 15 is 0 Å². The quantitative estimate of drug-likeness (QED) is 0.706. The summed E-state index contributed by atoms with van der Waals surface area (Å²) in [7, 11) is 1.62. The second-order valence-electron chi connectivity index (χ2n) is 7.91. The number of likely N-dealkylation sites (tertiary alicyclic amines) is 1. The summed E-state index contributed by atoms with van der Waals surface area (Å²) in [6, 6.07) is 7.66. The first-order valence-corrected chi connectivity index (χ1v) is 10.3. The molecule has 2 heterocycles. The third kappa shape index (κ3) is 5.08. The Kier molecular flexibility index (Phi) is 6.77. The van der Waals surface area contributed by atoms with Gasteiger partial charge in [0.15, 0.2) is 0 Å². The van der Waals surface area contributed by atoms with Gasteiger partial charge in [-0.1, -0.05) is 12.1 Å². The molecule has 0 saturated carbocycles. The molecule has 2 aliphatic heterocycles. The number of carbonyl (C=O) groups is 3. The first-order valence-electron chi connectivity index (χ1n) is 10.3. The number of methoxy groups -OCH3 is 1. The van der Waals surface area contributed by atoms with Gasteiger partial charge in [-0.15, -0.1) is 0 Å². The summed E-state index contributed by atoms with van der Waals surface area (Å²) >= 11 is 0. The van der Waals surface area contributed by atoms with Crippen molar-refractivity contribution in [2.45, 2.75) is 51.5 Å². The molecule has 2 aliphatic rings. The number of benzene rings is 1. The second-order valence-corrected chi connectivity index (χ2v) is 7.91. The molecule has 29 heavy (non-hydrogen) atoms. The molecule has 7 heteroatoms. The number of nitrogens with one attached hydrogen (secondary N) is 1. The summed E-state index contributed by atoms with van der Waals surface area (Å²) in [6.07, 6.45) is 3.25. The minimum atomic E-state index is -0.622. The average Bonchev–Trinajstić information content (AvgIpc) is 3.13. The zero-order chi connectivity index (χ0) is 20.9. The van der Waals surface area contributed by atoms with Crippen LogP contribution in [0.4, 0.5) is 0 Å². The number of rotatable bonds is 7. The highest BCUT2D eigenvalue weighted by atomic mass is 16.5. The van der Waals surface area contributed by atoms with E-state index < -0.39 is 5.41 Å². The Hall–Kier alpha value is -2.57. The molecule has 0 aliphatic carbocycles. The largest absolute Gasteiger partial charge is 0.497 e. The number of nitrogens with zero attached hydrogens (tertiary/aromatic N) is 1. The molecule has 3 rings (SSSR count).